The third-order valence-corrected chi connectivity index (χ3v) is 5.30. The van der Waals surface area contributed by atoms with Crippen LogP contribution in [0.4, 0.5) is 24.5 Å². The van der Waals surface area contributed by atoms with Crippen molar-refractivity contribution in [2.24, 2.45) is 0 Å². The van der Waals surface area contributed by atoms with Gasteiger partial charge in [0.05, 0.1) is 4.92 Å². The Bertz CT molecular complexity index is 1120. The molecule has 0 fully saturated rings. The zero-order valence-corrected chi connectivity index (χ0v) is 16.6. The fourth-order valence-corrected chi connectivity index (χ4v) is 3.61. The maximum Gasteiger partial charge on any atom is 0.453 e. The standard InChI is InChI=1S/C18H15F3N6O3S/c1-10-7-8-12(13(9-10)27(29)30)23-15(28)14(11-5-3-2-4-6-11)31-17-25-24-16(26(17)22)18(19,20)21/h2-9,14H,22H2,1H3,(H,23,28). The van der Waals surface area contributed by atoms with Gasteiger partial charge < -0.3 is 11.2 Å². The summed E-state index contributed by atoms with van der Waals surface area (Å²) in [6.45, 7) is 1.66. The first-order valence-electron chi connectivity index (χ1n) is 8.63. The zero-order chi connectivity index (χ0) is 22.8. The smallest absolute Gasteiger partial charge is 0.335 e. The van der Waals surface area contributed by atoms with Crippen molar-refractivity contribution in [1.82, 2.24) is 14.9 Å². The summed E-state index contributed by atoms with van der Waals surface area (Å²) in [6, 6.07) is 12.4. The second-order valence-electron chi connectivity index (χ2n) is 6.35. The molecule has 3 aromatic rings. The highest BCUT2D eigenvalue weighted by Crippen LogP contribution is 2.37. The Kier molecular flexibility index (Phi) is 6.15. The number of hydrogen-bond acceptors (Lipinski definition) is 7. The molecule has 3 N–H and O–H groups in total. The molecule has 0 saturated heterocycles. The van der Waals surface area contributed by atoms with Crippen LogP contribution < -0.4 is 11.2 Å². The van der Waals surface area contributed by atoms with E-state index in [1.54, 1.807) is 43.3 Å². The summed E-state index contributed by atoms with van der Waals surface area (Å²) in [7, 11) is 0. The lowest BCUT2D eigenvalue weighted by molar-refractivity contribution is -0.384. The molecule has 0 radical (unpaired) electrons. The van der Waals surface area contributed by atoms with Gasteiger partial charge in [-0.15, -0.1) is 10.2 Å². The normalized spacial score (nSPS) is 12.4. The Morgan fingerprint density at radius 1 is 1.23 bits per heavy atom. The molecular formula is C18H15F3N6O3S. The number of carbonyl (C=O) groups excluding carboxylic acids is 1. The summed E-state index contributed by atoms with van der Waals surface area (Å²) < 4.78 is 39.1. The van der Waals surface area contributed by atoms with Gasteiger partial charge in [-0.1, -0.05) is 48.2 Å². The highest BCUT2D eigenvalue weighted by molar-refractivity contribution is 8.00. The molecular weight excluding hydrogens is 437 g/mol. The first-order chi connectivity index (χ1) is 14.6. The molecule has 0 aliphatic heterocycles. The van der Waals surface area contributed by atoms with Gasteiger partial charge >= 0.3 is 6.18 Å². The van der Waals surface area contributed by atoms with Gasteiger partial charge in [0, 0.05) is 6.07 Å². The molecule has 13 heteroatoms. The van der Waals surface area contributed by atoms with Crippen LogP contribution in [0.3, 0.4) is 0 Å². The molecule has 3 rings (SSSR count). The molecule has 1 heterocycles. The summed E-state index contributed by atoms with van der Waals surface area (Å²) in [5.74, 6) is 3.35. The molecule has 0 spiro atoms. The van der Waals surface area contributed by atoms with E-state index in [2.05, 4.69) is 15.5 Å². The molecule has 1 atom stereocenters. The van der Waals surface area contributed by atoms with Gasteiger partial charge in [0.2, 0.25) is 11.1 Å². The predicted octanol–water partition coefficient (Wildman–Crippen LogP) is 3.70. The monoisotopic (exact) mass is 452 g/mol. The van der Waals surface area contributed by atoms with Crippen LogP contribution in [0.2, 0.25) is 0 Å². The number of aromatic nitrogens is 3. The SMILES string of the molecule is Cc1ccc(NC(=O)C(Sc2nnc(C(F)(F)F)n2N)c2ccccc2)c([N+](=O)[O-])c1. The van der Waals surface area contributed by atoms with Crippen LogP contribution in [-0.4, -0.2) is 25.7 Å². The van der Waals surface area contributed by atoms with Crippen LogP contribution in [0.1, 0.15) is 22.2 Å². The van der Waals surface area contributed by atoms with E-state index in [-0.39, 0.29) is 21.2 Å². The van der Waals surface area contributed by atoms with Gasteiger partial charge in [-0.3, -0.25) is 14.9 Å². The number of rotatable bonds is 6. The average Bonchev–Trinajstić information content (AvgIpc) is 3.08. The zero-order valence-electron chi connectivity index (χ0n) is 15.8. The Morgan fingerprint density at radius 2 is 1.90 bits per heavy atom. The van der Waals surface area contributed by atoms with Crippen molar-refractivity contribution in [3.05, 3.63) is 75.6 Å². The Hall–Kier alpha value is -3.61. The molecule has 1 aromatic heterocycles. The minimum atomic E-state index is -4.83. The number of hydrogen-bond donors (Lipinski definition) is 2. The van der Waals surface area contributed by atoms with Gasteiger partial charge in [0.25, 0.3) is 11.5 Å². The molecule has 0 aliphatic rings. The van der Waals surface area contributed by atoms with Crippen molar-refractivity contribution in [2.75, 3.05) is 11.2 Å². The first-order valence-corrected chi connectivity index (χ1v) is 9.51. The van der Waals surface area contributed by atoms with Crippen molar-refractivity contribution in [3.8, 4) is 0 Å². The first kappa shape index (κ1) is 22.1. The summed E-state index contributed by atoms with van der Waals surface area (Å²) in [5, 5.41) is 18.8. The van der Waals surface area contributed by atoms with Crippen LogP contribution >= 0.6 is 11.8 Å². The number of nitro benzene ring substituents is 1. The van der Waals surface area contributed by atoms with E-state index in [9.17, 15) is 28.1 Å². The third kappa shape index (κ3) is 4.94. The number of benzene rings is 2. The quantitative estimate of drug-likeness (QED) is 0.252. The van der Waals surface area contributed by atoms with Gasteiger partial charge in [-0.2, -0.15) is 13.2 Å². The van der Waals surface area contributed by atoms with E-state index < -0.39 is 28.1 Å². The molecule has 1 unspecified atom stereocenters. The van der Waals surface area contributed by atoms with Crippen LogP contribution in [0, 0.1) is 17.0 Å². The van der Waals surface area contributed by atoms with E-state index in [0.717, 1.165) is 0 Å². The second-order valence-corrected chi connectivity index (χ2v) is 7.42. The van der Waals surface area contributed by atoms with Gasteiger partial charge in [-0.05, 0) is 24.1 Å². The number of aryl methyl sites for hydroxylation is 1. The number of amides is 1. The Morgan fingerprint density at radius 3 is 2.48 bits per heavy atom. The van der Waals surface area contributed by atoms with E-state index in [1.165, 1.54) is 12.1 Å². The van der Waals surface area contributed by atoms with Crippen molar-refractivity contribution in [1.29, 1.82) is 0 Å². The number of thioether (sulfide) groups is 1. The second kappa shape index (κ2) is 8.63. The maximum atomic E-state index is 13.0. The van der Waals surface area contributed by atoms with Crippen molar-refractivity contribution >= 4 is 29.0 Å². The lowest BCUT2D eigenvalue weighted by atomic mass is 10.1. The molecule has 2 aromatic carbocycles. The molecule has 31 heavy (non-hydrogen) atoms. The highest BCUT2D eigenvalue weighted by Gasteiger charge is 2.39. The summed E-state index contributed by atoms with van der Waals surface area (Å²) in [5.41, 5.74) is 0.685. The number of nitrogen functional groups attached to an aromatic ring is 1. The van der Waals surface area contributed by atoms with Crippen LogP contribution in [0.5, 0.6) is 0 Å². The van der Waals surface area contributed by atoms with Gasteiger partial charge in [0.15, 0.2) is 0 Å². The molecule has 0 saturated carbocycles. The van der Waals surface area contributed by atoms with Crippen molar-refractivity contribution in [3.63, 3.8) is 0 Å². The Balaban J connectivity index is 1.95. The van der Waals surface area contributed by atoms with Crippen molar-refractivity contribution < 1.29 is 22.9 Å². The molecule has 0 bridgehead atoms. The van der Waals surface area contributed by atoms with Gasteiger partial charge in [0.1, 0.15) is 10.9 Å². The predicted molar refractivity (Wildman–Crippen MR) is 107 cm³/mol. The lowest BCUT2D eigenvalue weighted by Crippen LogP contribution is -2.23. The van der Waals surface area contributed by atoms with Gasteiger partial charge in [-0.25, -0.2) is 4.68 Å². The molecule has 1 amide bonds. The number of nitro groups is 1. The van der Waals surface area contributed by atoms with E-state index in [4.69, 9.17) is 5.84 Å². The maximum absolute atomic E-state index is 13.0. The summed E-state index contributed by atoms with van der Waals surface area (Å²) in [6.07, 6.45) is -4.83. The topological polar surface area (TPSA) is 129 Å². The van der Waals surface area contributed by atoms with E-state index >= 15 is 0 Å². The number of alkyl halides is 3. The van der Waals surface area contributed by atoms with E-state index in [0.29, 0.717) is 22.9 Å². The van der Waals surface area contributed by atoms with Crippen LogP contribution in [0.25, 0.3) is 0 Å². The highest BCUT2D eigenvalue weighted by atomic mass is 32.2. The number of anilines is 1. The van der Waals surface area contributed by atoms with Crippen LogP contribution in [0.15, 0.2) is 53.7 Å². The number of nitrogens with zero attached hydrogens (tertiary/aromatic N) is 4. The largest absolute Gasteiger partial charge is 0.453 e. The minimum Gasteiger partial charge on any atom is -0.335 e. The van der Waals surface area contributed by atoms with Crippen LogP contribution in [-0.2, 0) is 11.0 Å². The number of nitrogens with two attached hydrogens (primary N) is 1. The van der Waals surface area contributed by atoms with Crippen molar-refractivity contribution in [2.45, 2.75) is 23.5 Å². The molecule has 0 aliphatic carbocycles. The fourth-order valence-electron chi connectivity index (χ4n) is 2.65. The summed E-state index contributed by atoms with van der Waals surface area (Å²) in [4.78, 5) is 23.7. The molecule has 9 nitrogen and oxygen atoms in total. The number of halogens is 3. The summed E-state index contributed by atoms with van der Waals surface area (Å²) >= 11 is 0.633. The number of nitrogens with one attached hydrogen (secondary N) is 1. The Labute approximate surface area is 177 Å². The average molecular weight is 452 g/mol. The molecule has 162 valence electrons. The fraction of sp³-hybridized carbons (Fsp3) is 0.167. The minimum absolute atomic E-state index is 0.0488. The third-order valence-electron chi connectivity index (χ3n) is 4.09. The van der Waals surface area contributed by atoms with E-state index in [1.807, 2.05) is 0 Å². The lowest BCUT2D eigenvalue weighted by Gasteiger charge is -2.17. The number of carbonyl (C=O) groups is 1.